The summed E-state index contributed by atoms with van der Waals surface area (Å²) in [5.41, 5.74) is 1.08. The molecule has 0 bridgehead atoms. The molecule has 0 saturated heterocycles. The quantitative estimate of drug-likeness (QED) is 0.482. The van der Waals surface area contributed by atoms with Crippen molar-refractivity contribution in [2.45, 2.75) is 53.6 Å². The van der Waals surface area contributed by atoms with E-state index in [9.17, 15) is 5.11 Å². The van der Waals surface area contributed by atoms with Crippen LogP contribution in [0.4, 0.5) is 0 Å². The van der Waals surface area contributed by atoms with Crippen molar-refractivity contribution in [3.63, 3.8) is 0 Å². The summed E-state index contributed by atoms with van der Waals surface area (Å²) in [6.45, 7) is 2.27. The second-order valence-electron chi connectivity index (χ2n) is 4.32. The molecule has 0 aliphatic heterocycles. The molecule has 18 heavy (non-hydrogen) atoms. The Balaban J connectivity index is 1.98. The SMILES string of the molecule is CCCC[Se]CCC[Se]CC(O)c1ccccc1. The molecule has 0 aromatic heterocycles. The molecule has 0 spiro atoms. The molecule has 0 amide bonds. The summed E-state index contributed by atoms with van der Waals surface area (Å²) in [4.78, 5) is 0. The van der Waals surface area contributed by atoms with Crippen LogP contribution >= 0.6 is 0 Å². The van der Waals surface area contributed by atoms with Crippen LogP contribution in [0.2, 0.25) is 21.3 Å². The molecular weight excluding hydrogens is 354 g/mol. The van der Waals surface area contributed by atoms with Crippen LogP contribution < -0.4 is 0 Å². The maximum atomic E-state index is 10.0. The van der Waals surface area contributed by atoms with Gasteiger partial charge in [-0.3, -0.25) is 0 Å². The fraction of sp³-hybridized carbons (Fsp3) is 0.600. The topological polar surface area (TPSA) is 20.2 Å². The van der Waals surface area contributed by atoms with E-state index in [2.05, 4.69) is 6.92 Å². The van der Waals surface area contributed by atoms with Crippen molar-refractivity contribution in [2.75, 3.05) is 0 Å². The van der Waals surface area contributed by atoms with Crippen molar-refractivity contribution in [3.8, 4) is 0 Å². The first kappa shape index (κ1) is 16.3. The molecular formula is C15H24OSe2. The van der Waals surface area contributed by atoms with Crippen molar-refractivity contribution in [3.05, 3.63) is 35.9 Å². The molecule has 0 aliphatic carbocycles. The first-order valence-electron chi connectivity index (χ1n) is 6.73. The summed E-state index contributed by atoms with van der Waals surface area (Å²) in [6.07, 6.45) is 3.90. The summed E-state index contributed by atoms with van der Waals surface area (Å²) < 4.78 is 0. The van der Waals surface area contributed by atoms with Gasteiger partial charge in [0, 0.05) is 0 Å². The standard InChI is InChI=1S/C15H24OSe2/c1-2-3-10-17-11-7-12-18-13-15(16)14-8-5-4-6-9-14/h4-6,8-9,15-16H,2-3,7,10-13H2,1H3. The second kappa shape index (κ2) is 11.1. The number of rotatable bonds is 10. The summed E-state index contributed by atoms with van der Waals surface area (Å²) in [5.74, 6) is 0. The third kappa shape index (κ3) is 7.61. The van der Waals surface area contributed by atoms with Gasteiger partial charge in [-0.05, 0) is 0 Å². The van der Waals surface area contributed by atoms with Crippen LogP contribution in [-0.4, -0.2) is 35.0 Å². The molecule has 0 saturated carbocycles. The predicted molar refractivity (Wildman–Crippen MR) is 81.7 cm³/mol. The van der Waals surface area contributed by atoms with Crippen LogP contribution in [0.3, 0.4) is 0 Å². The molecule has 0 fully saturated rings. The molecule has 102 valence electrons. The van der Waals surface area contributed by atoms with E-state index in [0.29, 0.717) is 15.0 Å². The second-order valence-corrected chi connectivity index (χ2v) is 9.30. The van der Waals surface area contributed by atoms with E-state index < -0.39 is 0 Å². The van der Waals surface area contributed by atoms with Gasteiger partial charge in [-0.25, -0.2) is 0 Å². The zero-order chi connectivity index (χ0) is 13.1. The Morgan fingerprint density at radius 2 is 1.67 bits per heavy atom. The summed E-state index contributed by atoms with van der Waals surface area (Å²) in [7, 11) is 0. The normalized spacial score (nSPS) is 12.6. The average Bonchev–Trinajstić information content (AvgIpc) is 2.42. The van der Waals surface area contributed by atoms with Gasteiger partial charge in [-0.2, -0.15) is 0 Å². The summed E-state index contributed by atoms with van der Waals surface area (Å²) in [5, 5.41) is 15.2. The molecule has 3 heteroatoms. The Hall–Kier alpha value is 0.219. The summed E-state index contributed by atoms with van der Waals surface area (Å²) >= 11 is 1.49. The van der Waals surface area contributed by atoms with Gasteiger partial charge in [0.15, 0.2) is 0 Å². The molecule has 1 atom stereocenters. The van der Waals surface area contributed by atoms with E-state index in [4.69, 9.17) is 0 Å². The fourth-order valence-electron chi connectivity index (χ4n) is 1.58. The number of hydrogen-bond donors (Lipinski definition) is 1. The molecule has 1 aromatic carbocycles. The van der Waals surface area contributed by atoms with E-state index in [0.717, 1.165) is 25.8 Å². The Kier molecular flexibility index (Phi) is 10.0. The summed E-state index contributed by atoms with van der Waals surface area (Å²) in [6, 6.07) is 10.0. The van der Waals surface area contributed by atoms with Crippen molar-refractivity contribution >= 4 is 29.9 Å². The van der Waals surface area contributed by atoms with Crippen LogP contribution in [0.5, 0.6) is 0 Å². The molecule has 1 nitrogen and oxygen atoms in total. The van der Waals surface area contributed by atoms with Gasteiger partial charge in [-0.1, -0.05) is 0 Å². The van der Waals surface area contributed by atoms with Gasteiger partial charge < -0.3 is 0 Å². The van der Waals surface area contributed by atoms with Crippen LogP contribution in [0.1, 0.15) is 37.9 Å². The molecule has 0 aliphatic rings. The van der Waals surface area contributed by atoms with E-state index >= 15 is 0 Å². The number of unbranched alkanes of at least 4 members (excludes halogenated alkanes) is 1. The van der Waals surface area contributed by atoms with Gasteiger partial charge in [0.25, 0.3) is 0 Å². The van der Waals surface area contributed by atoms with Crippen LogP contribution in [0.15, 0.2) is 30.3 Å². The maximum absolute atomic E-state index is 10.0. The van der Waals surface area contributed by atoms with E-state index in [1.807, 2.05) is 30.3 Å². The minimum atomic E-state index is -0.239. The Labute approximate surface area is 124 Å². The Morgan fingerprint density at radius 1 is 1.00 bits per heavy atom. The predicted octanol–water partition coefficient (Wildman–Crippen LogP) is 3.99. The average molecular weight is 378 g/mol. The first-order chi connectivity index (χ1) is 8.84. The molecule has 1 unspecified atom stereocenters. The van der Waals surface area contributed by atoms with E-state index in [1.54, 1.807) is 0 Å². The van der Waals surface area contributed by atoms with Gasteiger partial charge in [0.1, 0.15) is 0 Å². The molecule has 1 rings (SSSR count). The molecule has 0 radical (unpaired) electrons. The first-order valence-corrected chi connectivity index (χ1v) is 11.6. The van der Waals surface area contributed by atoms with Gasteiger partial charge in [0.2, 0.25) is 0 Å². The van der Waals surface area contributed by atoms with Gasteiger partial charge >= 0.3 is 124 Å². The molecule has 1 N–H and O–H groups in total. The van der Waals surface area contributed by atoms with E-state index in [-0.39, 0.29) is 6.10 Å². The minimum absolute atomic E-state index is 0.239. The van der Waals surface area contributed by atoms with Crippen molar-refractivity contribution in [1.82, 2.24) is 0 Å². The van der Waals surface area contributed by atoms with Crippen LogP contribution in [-0.2, 0) is 0 Å². The number of aliphatic hydroxyl groups is 1. The monoisotopic (exact) mass is 380 g/mol. The Bertz CT molecular complexity index is 290. The third-order valence-electron chi connectivity index (χ3n) is 2.68. The van der Waals surface area contributed by atoms with Gasteiger partial charge in [0.05, 0.1) is 0 Å². The fourth-order valence-corrected chi connectivity index (χ4v) is 6.65. The molecule has 0 heterocycles. The Morgan fingerprint density at radius 3 is 2.39 bits per heavy atom. The zero-order valence-electron chi connectivity index (χ0n) is 11.2. The number of benzene rings is 1. The van der Waals surface area contributed by atoms with Crippen molar-refractivity contribution in [2.24, 2.45) is 0 Å². The zero-order valence-corrected chi connectivity index (χ0v) is 14.6. The van der Waals surface area contributed by atoms with Crippen molar-refractivity contribution < 1.29 is 5.11 Å². The van der Waals surface area contributed by atoms with Crippen molar-refractivity contribution in [1.29, 1.82) is 0 Å². The molecule has 1 aromatic rings. The number of aliphatic hydroxyl groups excluding tert-OH is 1. The van der Waals surface area contributed by atoms with Crippen LogP contribution in [0, 0.1) is 0 Å². The van der Waals surface area contributed by atoms with Gasteiger partial charge in [-0.15, -0.1) is 0 Å². The number of hydrogen-bond acceptors (Lipinski definition) is 1. The van der Waals surface area contributed by atoms with Crippen LogP contribution in [0.25, 0.3) is 0 Å². The third-order valence-corrected chi connectivity index (χ3v) is 7.47. The van der Waals surface area contributed by atoms with E-state index in [1.165, 1.54) is 35.2 Å².